The first-order valence-corrected chi connectivity index (χ1v) is 11.4. The van der Waals surface area contributed by atoms with Crippen LogP contribution >= 0.6 is 0 Å². The van der Waals surface area contributed by atoms with Crippen molar-refractivity contribution in [2.45, 2.75) is 57.4 Å². The van der Waals surface area contributed by atoms with E-state index in [0.29, 0.717) is 25.4 Å². The second-order valence-corrected chi connectivity index (χ2v) is 8.42. The summed E-state index contributed by atoms with van der Waals surface area (Å²) in [6.45, 7) is 3.89. The number of hydrogen-bond donors (Lipinski definition) is 0. The predicted octanol–water partition coefficient (Wildman–Crippen LogP) is 2.88. The van der Waals surface area contributed by atoms with E-state index in [1.807, 2.05) is 40.7 Å². The number of benzene rings is 1. The fraction of sp³-hybridized carbons (Fsp3) is 0.609. The maximum atomic E-state index is 12.6. The molecular formula is C23H32N4O4. The Bertz CT molecular complexity index is 935. The quantitative estimate of drug-likeness (QED) is 0.678. The molecule has 0 unspecified atom stereocenters. The maximum Gasteiger partial charge on any atom is 0.345 e. The van der Waals surface area contributed by atoms with Crippen molar-refractivity contribution >= 4 is 5.91 Å². The largest absolute Gasteiger partial charge is 0.494 e. The summed E-state index contributed by atoms with van der Waals surface area (Å²) in [5.41, 5.74) is -0.0100. The van der Waals surface area contributed by atoms with Crippen LogP contribution in [-0.2, 0) is 11.8 Å². The molecule has 1 aromatic carbocycles. The van der Waals surface area contributed by atoms with Crippen molar-refractivity contribution in [1.82, 2.24) is 19.2 Å². The molecular weight excluding hydrogens is 396 g/mol. The van der Waals surface area contributed by atoms with E-state index in [2.05, 4.69) is 5.10 Å². The van der Waals surface area contributed by atoms with E-state index in [9.17, 15) is 9.59 Å². The lowest BCUT2D eigenvalue weighted by atomic mass is 9.95. The van der Waals surface area contributed by atoms with Crippen molar-refractivity contribution < 1.29 is 14.3 Å². The molecule has 0 N–H and O–H groups in total. The molecule has 0 bridgehead atoms. The number of nitrogens with zero attached hydrogens (tertiary/aromatic N) is 4. The molecule has 1 aromatic heterocycles. The number of ether oxygens (including phenoxy) is 2. The van der Waals surface area contributed by atoms with Gasteiger partial charge in [-0.2, -0.15) is 5.10 Å². The standard InChI is InChI=1S/C23H32N4O4/c1-3-30-19-8-10-20(11-9-19)31-16-21(28)26-14-12-17(13-15-26)22-24-25(2)23(29)27(22)18-6-4-5-7-18/h8-11,17-18H,3-7,12-16H2,1-2H3. The fourth-order valence-corrected chi connectivity index (χ4v) is 4.70. The van der Waals surface area contributed by atoms with Gasteiger partial charge < -0.3 is 14.4 Å². The fourth-order valence-electron chi connectivity index (χ4n) is 4.70. The maximum absolute atomic E-state index is 12.6. The number of rotatable bonds is 7. The van der Waals surface area contributed by atoms with E-state index in [1.165, 1.54) is 17.5 Å². The number of amides is 1. The molecule has 168 valence electrons. The molecule has 0 atom stereocenters. The lowest BCUT2D eigenvalue weighted by molar-refractivity contribution is -0.134. The first-order chi connectivity index (χ1) is 15.1. The van der Waals surface area contributed by atoms with Crippen LogP contribution < -0.4 is 15.2 Å². The minimum absolute atomic E-state index is 0.0100. The van der Waals surface area contributed by atoms with Gasteiger partial charge in [0.15, 0.2) is 6.61 Å². The Morgan fingerprint density at radius 2 is 1.65 bits per heavy atom. The van der Waals surface area contributed by atoms with Crippen molar-refractivity contribution in [2.24, 2.45) is 7.05 Å². The Kier molecular flexibility index (Phi) is 6.63. The summed E-state index contributed by atoms with van der Waals surface area (Å²) < 4.78 is 14.5. The van der Waals surface area contributed by atoms with Gasteiger partial charge in [-0.25, -0.2) is 9.48 Å². The number of piperidine rings is 1. The Hall–Kier alpha value is -2.77. The smallest absolute Gasteiger partial charge is 0.345 e. The molecule has 2 heterocycles. The van der Waals surface area contributed by atoms with Crippen LogP contribution in [0.3, 0.4) is 0 Å². The van der Waals surface area contributed by atoms with Crippen molar-refractivity contribution in [3.8, 4) is 11.5 Å². The van der Waals surface area contributed by atoms with Gasteiger partial charge in [0.1, 0.15) is 17.3 Å². The molecule has 8 nitrogen and oxygen atoms in total. The Labute approximate surface area is 182 Å². The predicted molar refractivity (Wildman–Crippen MR) is 117 cm³/mol. The molecule has 0 radical (unpaired) electrons. The highest BCUT2D eigenvalue weighted by Gasteiger charge is 2.31. The number of aryl methyl sites for hydroxylation is 1. The summed E-state index contributed by atoms with van der Waals surface area (Å²) >= 11 is 0. The van der Waals surface area contributed by atoms with Crippen LogP contribution in [0.25, 0.3) is 0 Å². The van der Waals surface area contributed by atoms with Gasteiger partial charge in [0, 0.05) is 32.1 Å². The molecule has 2 aliphatic rings. The van der Waals surface area contributed by atoms with Gasteiger partial charge >= 0.3 is 5.69 Å². The summed E-state index contributed by atoms with van der Waals surface area (Å²) in [5, 5.41) is 4.57. The van der Waals surface area contributed by atoms with Crippen LogP contribution in [0.15, 0.2) is 29.1 Å². The lowest BCUT2D eigenvalue weighted by Gasteiger charge is -2.32. The van der Waals surface area contributed by atoms with Crippen molar-refractivity contribution in [2.75, 3.05) is 26.3 Å². The Balaban J connectivity index is 1.32. The lowest BCUT2D eigenvalue weighted by Crippen LogP contribution is -2.41. The van der Waals surface area contributed by atoms with E-state index in [1.54, 1.807) is 7.05 Å². The summed E-state index contributed by atoms with van der Waals surface area (Å²) in [7, 11) is 1.73. The number of carbonyl (C=O) groups is 1. The summed E-state index contributed by atoms with van der Waals surface area (Å²) in [4.78, 5) is 27.1. The highest BCUT2D eigenvalue weighted by molar-refractivity contribution is 5.77. The SMILES string of the molecule is CCOc1ccc(OCC(=O)N2CCC(c3nn(C)c(=O)n3C3CCCC3)CC2)cc1. The van der Waals surface area contributed by atoms with Gasteiger partial charge in [0.05, 0.1) is 6.61 Å². The van der Waals surface area contributed by atoms with Crippen molar-refractivity contribution in [3.63, 3.8) is 0 Å². The van der Waals surface area contributed by atoms with Crippen LogP contribution in [-0.4, -0.2) is 51.5 Å². The van der Waals surface area contributed by atoms with Crippen LogP contribution in [0.1, 0.15) is 63.2 Å². The molecule has 8 heteroatoms. The molecule has 1 saturated carbocycles. The highest BCUT2D eigenvalue weighted by Crippen LogP contribution is 2.33. The molecule has 4 rings (SSSR count). The molecule has 0 spiro atoms. The van der Waals surface area contributed by atoms with E-state index < -0.39 is 0 Å². The van der Waals surface area contributed by atoms with Crippen LogP contribution in [0.4, 0.5) is 0 Å². The summed E-state index contributed by atoms with van der Waals surface area (Å²) in [6, 6.07) is 7.58. The number of aromatic nitrogens is 3. The number of hydrogen-bond acceptors (Lipinski definition) is 5. The van der Waals surface area contributed by atoms with Crippen molar-refractivity contribution in [3.05, 3.63) is 40.6 Å². The van der Waals surface area contributed by atoms with Gasteiger partial charge in [-0.15, -0.1) is 0 Å². The van der Waals surface area contributed by atoms with Gasteiger partial charge in [-0.1, -0.05) is 12.8 Å². The minimum Gasteiger partial charge on any atom is -0.494 e. The Morgan fingerprint density at radius 1 is 1.03 bits per heavy atom. The van der Waals surface area contributed by atoms with Crippen molar-refractivity contribution in [1.29, 1.82) is 0 Å². The van der Waals surface area contributed by atoms with E-state index in [-0.39, 0.29) is 30.2 Å². The summed E-state index contributed by atoms with van der Waals surface area (Å²) in [6.07, 6.45) is 6.09. The second-order valence-electron chi connectivity index (χ2n) is 8.42. The minimum atomic E-state index is -0.0125. The van der Waals surface area contributed by atoms with Gasteiger partial charge in [0.2, 0.25) is 0 Å². The topological polar surface area (TPSA) is 78.6 Å². The zero-order valence-corrected chi connectivity index (χ0v) is 18.5. The second kappa shape index (κ2) is 9.58. The van der Waals surface area contributed by atoms with E-state index in [4.69, 9.17) is 9.47 Å². The van der Waals surface area contributed by atoms with Crippen LogP contribution in [0.2, 0.25) is 0 Å². The monoisotopic (exact) mass is 428 g/mol. The zero-order chi connectivity index (χ0) is 21.8. The third-order valence-corrected chi connectivity index (χ3v) is 6.38. The normalized spacial score (nSPS) is 17.8. The van der Waals surface area contributed by atoms with Gasteiger partial charge in [-0.3, -0.25) is 9.36 Å². The van der Waals surface area contributed by atoms with E-state index in [0.717, 1.165) is 37.3 Å². The molecule has 1 saturated heterocycles. The molecule has 1 aliphatic heterocycles. The number of carbonyl (C=O) groups excluding carboxylic acids is 1. The van der Waals surface area contributed by atoms with Gasteiger partial charge in [-0.05, 0) is 56.9 Å². The van der Waals surface area contributed by atoms with Crippen LogP contribution in [0.5, 0.6) is 11.5 Å². The molecule has 2 aromatic rings. The number of likely N-dealkylation sites (tertiary alicyclic amines) is 1. The molecule has 1 aliphatic carbocycles. The molecule has 2 fully saturated rings. The third kappa shape index (κ3) is 4.78. The third-order valence-electron chi connectivity index (χ3n) is 6.38. The van der Waals surface area contributed by atoms with Gasteiger partial charge in [0.25, 0.3) is 5.91 Å². The zero-order valence-electron chi connectivity index (χ0n) is 18.5. The highest BCUT2D eigenvalue weighted by atomic mass is 16.5. The average molecular weight is 429 g/mol. The first-order valence-electron chi connectivity index (χ1n) is 11.4. The van der Waals surface area contributed by atoms with Crippen LogP contribution in [0, 0.1) is 0 Å². The average Bonchev–Trinajstić information content (AvgIpc) is 3.41. The van der Waals surface area contributed by atoms with E-state index >= 15 is 0 Å². The first kappa shape index (κ1) is 21.5. The Morgan fingerprint density at radius 3 is 2.26 bits per heavy atom. The summed E-state index contributed by atoms with van der Waals surface area (Å²) in [5.74, 6) is 2.54. The molecule has 1 amide bonds. The molecule has 31 heavy (non-hydrogen) atoms.